The van der Waals surface area contributed by atoms with Crippen molar-refractivity contribution in [3.05, 3.63) is 46.5 Å². The lowest BCUT2D eigenvalue weighted by molar-refractivity contribution is 0.280. The normalized spacial score (nSPS) is 23.5. The van der Waals surface area contributed by atoms with E-state index in [4.69, 9.17) is 0 Å². The Morgan fingerprint density at radius 2 is 0.975 bits per heavy atom. The largest absolute Gasteiger partial charge is 0.508 e. The van der Waals surface area contributed by atoms with Crippen LogP contribution in [0.5, 0.6) is 23.0 Å². The quantitative estimate of drug-likeness (QED) is 0.229. The van der Waals surface area contributed by atoms with E-state index in [0.717, 1.165) is 107 Å². The molecule has 0 saturated heterocycles. The Kier molecular flexibility index (Phi) is 13.0. The van der Waals surface area contributed by atoms with Crippen LogP contribution in [0.15, 0.2) is 24.3 Å². The summed E-state index contributed by atoms with van der Waals surface area (Å²) < 4.78 is 0. The van der Waals surface area contributed by atoms with Gasteiger partial charge < -0.3 is 25.5 Å². The summed E-state index contributed by atoms with van der Waals surface area (Å²) in [5, 5.41) is 53.4. The minimum Gasteiger partial charge on any atom is -0.508 e. The number of hydrogen-bond acceptors (Lipinski definition) is 5. The summed E-state index contributed by atoms with van der Waals surface area (Å²) in [4.78, 5) is 0. The van der Waals surface area contributed by atoms with Gasteiger partial charge in [-0.05, 0) is 104 Å². The Balaban J connectivity index is 1.84. The molecular weight excluding hydrogens is 500 g/mol. The van der Waals surface area contributed by atoms with Crippen molar-refractivity contribution in [1.29, 1.82) is 0 Å². The SMILES string of the molecule is CCC[C@H]1CCCCC[C@@H](C)c2cc(O)c(c(O)c2)[C@@H](CCCCO)CCCCC[C@@H](C)c2cc(O)c1c(O)c2. The first-order valence-corrected chi connectivity index (χ1v) is 16.0. The maximum Gasteiger partial charge on any atom is 0.123 e. The average molecular weight is 555 g/mol. The van der Waals surface area contributed by atoms with Gasteiger partial charge in [0.15, 0.2) is 0 Å². The molecule has 5 heteroatoms. The molecule has 2 aromatic rings. The van der Waals surface area contributed by atoms with Crippen molar-refractivity contribution < 1.29 is 25.5 Å². The highest BCUT2D eigenvalue weighted by molar-refractivity contribution is 5.50. The van der Waals surface area contributed by atoms with Crippen LogP contribution in [0, 0.1) is 0 Å². The second-order valence-corrected chi connectivity index (χ2v) is 12.4. The van der Waals surface area contributed by atoms with Crippen LogP contribution < -0.4 is 0 Å². The Morgan fingerprint density at radius 3 is 1.38 bits per heavy atom. The second kappa shape index (κ2) is 16.1. The van der Waals surface area contributed by atoms with Gasteiger partial charge in [-0.15, -0.1) is 0 Å². The van der Waals surface area contributed by atoms with Crippen molar-refractivity contribution >= 4 is 0 Å². The zero-order valence-electron chi connectivity index (χ0n) is 25.2. The van der Waals surface area contributed by atoms with Crippen LogP contribution >= 0.6 is 0 Å². The molecule has 0 amide bonds. The van der Waals surface area contributed by atoms with E-state index in [1.807, 2.05) is 24.3 Å². The lowest BCUT2D eigenvalue weighted by Crippen LogP contribution is -2.04. The van der Waals surface area contributed by atoms with Gasteiger partial charge in [-0.2, -0.15) is 0 Å². The van der Waals surface area contributed by atoms with Crippen molar-refractivity contribution in [2.75, 3.05) is 6.61 Å². The molecule has 0 unspecified atom stereocenters. The van der Waals surface area contributed by atoms with Gasteiger partial charge in [0.1, 0.15) is 23.0 Å². The highest BCUT2D eigenvalue weighted by Crippen LogP contribution is 2.44. The lowest BCUT2D eigenvalue weighted by atomic mass is 9.83. The third-order valence-electron chi connectivity index (χ3n) is 9.25. The first-order chi connectivity index (χ1) is 19.3. The van der Waals surface area contributed by atoms with Gasteiger partial charge >= 0.3 is 0 Å². The van der Waals surface area contributed by atoms with Crippen LogP contribution in [0.2, 0.25) is 0 Å². The number of phenolic OH excluding ortho intramolecular Hbond substituents is 4. The first-order valence-electron chi connectivity index (χ1n) is 16.0. The van der Waals surface area contributed by atoms with Crippen LogP contribution in [0.25, 0.3) is 0 Å². The van der Waals surface area contributed by atoms with Gasteiger partial charge in [0.2, 0.25) is 0 Å². The summed E-state index contributed by atoms with van der Waals surface area (Å²) in [6, 6.07) is 7.47. The first kappa shape index (κ1) is 32.1. The van der Waals surface area contributed by atoms with Gasteiger partial charge in [-0.1, -0.05) is 72.1 Å². The van der Waals surface area contributed by atoms with Crippen molar-refractivity contribution in [1.82, 2.24) is 0 Å². The summed E-state index contributed by atoms with van der Waals surface area (Å²) in [5.41, 5.74) is 3.34. The fraction of sp³-hybridized carbons (Fsp3) is 0.657. The van der Waals surface area contributed by atoms with Crippen LogP contribution in [-0.4, -0.2) is 32.1 Å². The molecule has 0 aliphatic heterocycles. The van der Waals surface area contributed by atoms with Crippen molar-refractivity contribution in [3.8, 4) is 23.0 Å². The fourth-order valence-corrected chi connectivity index (χ4v) is 6.78. The molecule has 4 atom stereocenters. The molecule has 40 heavy (non-hydrogen) atoms. The zero-order chi connectivity index (χ0) is 29.1. The highest BCUT2D eigenvalue weighted by atomic mass is 16.3. The molecule has 2 aromatic carbocycles. The lowest BCUT2D eigenvalue weighted by Gasteiger charge is -2.23. The Morgan fingerprint density at radius 1 is 0.575 bits per heavy atom. The molecule has 0 fully saturated rings. The topological polar surface area (TPSA) is 101 Å². The van der Waals surface area contributed by atoms with Gasteiger partial charge in [0.05, 0.1) is 0 Å². The molecule has 4 bridgehead atoms. The van der Waals surface area contributed by atoms with Crippen molar-refractivity contribution in [2.24, 2.45) is 0 Å². The molecule has 5 nitrogen and oxygen atoms in total. The fourth-order valence-electron chi connectivity index (χ4n) is 6.78. The van der Waals surface area contributed by atoms with Gasteiger partial charge in [-0.25, -0.2) is 0 Å². The van der Waals surface area contributed by atoms with Crippen LogP contribution in [0.4, 0.5) is 0 Å². The van der Waals surface area contributed by atoms with E-state index in [2.05, 4.69) is 20.8 Å². The predicted molar refractivity (Wildman–Crippen MR) is 164 cm³/mol. The molecule has 224 valence electrons. The van der Waals surface area contributed by atoms with Crippen LogP contribution in [0.3, 0.4) is 0 Å². The van der Waals surface area contributed by atoms with E-state index in [1.54, 1.807) is 0 Å². The number of aliphatic hydroxyl groups is 1. The standard InChI is InChI=1S/C35H54O5/c1-4-13-26-16-9-5-7-14-25(3)29-22-32(39)35(33(40)23-29)27(18-11-12-19-36)17-10-6-8-15-24(2)28-20-30(37)34(26)31(38)21-28/h20-27,36-40H,4-19H2,1-3H3/t24-,25-,26+,27-/m1/s1. The summed E-state index contributed by atoms with van der Waals surface area (Å²) in [7, 11) is 0. The highest BCUT2D eigenvalue weighted by Gasteiger charge is 2.23. The zero-order valence-corrected chi connectivity index (χ0v) is 25.2. The van der Waals surface area contributed by atoms with E-state index in [-0.39, 0.29) is 53.3 Å². The molecule has 0 saturated carbocycles. The van der Waals surface area contributed by atoms with E-state index in [9.17, 15) is 25.5 Å². The molecule has 4 aliphatic rings. The average Bonchev–Trinajstić information content (AvgIpc) is 2.90. The molecule has 0 radical (unpaired) electrons. The minimum absolute atomic E-state index is 0.0590. The third-order valence-corrected chi connectivity index (χ3v) is 9.25. The molecule has 5 N–H and O–H groups in total. The minimum atomic E-state index is 0.0590. The van der Waals surface area contributed by atoms with Gasteiger partial charge in [-0.3, -0.25) is 0 Å². The molecule has 0 heterocycles. The second-order valence-electron chi connectivity index (χ2n) is 12.4. The Labute approximate surface area is 242 Å². The number of aromatic hydroxyl groups is 4. The molecule has 0 aromatic heterocycles. The molecular formula is C35H54O5. The molecule has 4 aliphatic carbocycles. The summed E-state index contributed by atoms with van der Waals surface area (Å²) >= 11 is 0. The number of benzene rings is 2. The van der Waals surface area contributed by atoms with E-state index in [1.165, 1.54) is 0 Å². The van der Waals surface area contributed by atoms with Crippen molar-refractivity contribution in [3.63, 3.8) is 0 Å². The Bertz CT molecular complexity index is 1000. The Hall–Kier alpha value is -2.40. The van der Waals surface area contributed by atoms with E-state index >= 15 is 0 Å². The van der Waals surface area contributed by atoms with Gasteiger partial charge in [0.25, 0.3) is 0 Å². The summed E-state index contributed by atoms with van der Waals surface area (Å²) in [5.74, 6) is 1.56. The number of unbranched alkanes of at least 4 members (excludes halogenated alkanes) is 1. The number of hydrogen-bond donors (Lipinski definition) is 5. The monoisotopic (exact) mass is 554 g/mol. The summed E-state index contributed by atoms with van der Waals surface area (Å²) in [6.45, 7) is 6.63. The third kappa shape index (κ3) is 8.80. The smallest absolute Gasteiger partial charge is 0.123 e. The summed E-state index contributed by atoms with van der Waals surface area (Å²) in [6.07, 6.45) is 14.3. The van der Waals surface area contributed by atoms with Crippen molar-refractivity contribution in [2.45, 2.75) is 141 Å². The number of phenols is 4. The van der Waals surface area contributed by atoms with Crippen LogP contribution in [0.1, 0.15) is 163 Å². The van der Waals surface area contributed by atoms with E-state index in [0.29, 0.717) is 11.1 Å². The van der Waals surface area contributed by atoms with Crippen LogP contribution in [-0.2, 0) is 0 Å². The molecule has 0 spiro atoms. The maximum absolute atomic E-state index is 11.0. The number of aliphatic hydroxyl groups excluding tert-OH is 1. The van der Waals surface area contributed by atoms with E-state index < -0.39 is 0 Å². The van der Waals surface area contributed by atoms with Gasteiger partial charge in [0, 0.05) is 17.7 Å². The molecule has 6 rings (SSSR count). The maximum atomic E-state index is 11.0. The number of rotatable bonds is 6. The predicted octanol–water partition coefficient (Wildman–Crippen LogP) is 9.46.